The van der Waals surface area contributed by atoms with Crippen LogP contribution in [0.5, 0.6) is 5.75 Å². The topological polar surface area (TPSA) is 125 Å². The number of fused-ring (bicyclic) bond motifs is 1. The molecule has 3 aromatic rings. The van der Waals surface area contributed by atoms with Gasteiger partial charge >= 0.3 is 0 Å². The number of piperazine rings is 1. The van der Waals surface area contributed by atoms with Gasteiger partial charge in [-0.25, -0.2) is 13.4 Å². The summed E-state index contributed by atoms with van der Waals surface area (Å²) in [6.45, 7) is 2.33. The van der Waals surface area contributed by atoms with Crippen molar-refractivity contribution < 1.29 is 22.7 Å². The van der Waals surface area contributed by atoms with Gasteiger partial charge in [-0.1, -0.05) is 12.1 Å². The minimum absolute atomic E-state index is 0.0762. The van der Waals surface area contributed by atoms with E-state index >= 15 is 0 Å². The number of nitrogens with one attached hydrogen (secondary N) is 2. The van der Waals surface area contributed by atoms with E-state index in [1.54, 1.807) is 42.5 Å². The SMILES string of the molecule is COc1ccc(C(CC(=O)N2CCN(S(=O)(=O)c3c[nH]c4ncccc34)CC2)NC(C)=O)cc1. The number of rotatable bonds is 7. The van der Waals surface area contributed by atoms with E-state index in [1.807, 2.05) is 12.1 Å². The molecule has 1 aliphatic rings. The van der Waals surface area contributed by atoms with Gasteiger partial charge in [-0.15, -0.1) is 0 Å². The summed E-state index contributed by atoms with van der Waals surface area (Å²) < 4.78 is 32.9. The third-order valence-corrected chi connectivity index (χ3v) is 7.84. The molecule has 0 saturated carbocycles. The third kappa shape index (κ3) is 4.90. The Balaban J connectivity index is 1.42. The average molecular weight is 486 g/mol. The van der Waals surface area contributed by atoms with Crippen LogP contribution in [0.25, 0.3) is 11.0 Å². The molecule has 2 aromatic heterocycles. The Morgan fingerprint density at radius 2 is 1.85 bits per heavy atom. The van der Waals surface area contributed by atoms with Crippen molar-refractivity contribution in [2.75, 3.05) is 33.3 Å². The maximum Gasteiger partial charge on any atom is 0.245 e. The number of carbonyl (C=O) groups is 2. The molecule has 1 atom stereocenters. The number of methoxy groups -OCH3 is 1. The van der Waals surface area contributed by atoms with E-state index in [4.69, 9.17) is 4.74 Å². The summed E-state index contributed by atoms with van der Waals surface area (Å²) >= 11 is 0. The molecule has 2 amide bonds. The van der Waals surface area contributed by atoms with Gasteiger partial charge in [0.2, 0.25) is 21.8 Å². The number of hydrogen-bond donors (Lipinski definition) is 2. The van der Waals surface area contributed by atoms with E-state index in [1.165, 1.54) is 17.4 Å². The zero-order chi connectivity index (χ0) is 24.3. The number of carbonyl (C=O) groups excluding carboxylic acids is 2. The second-order valence-electron chi connectivity index (χ2n) is 8.07. The number of ether oxygens (including phenoxy) is 1. The normalized spacial score (nSPS) is 15.8. The van der Waals surface area contributed by atoms with Crippen molar-refractivity contribution in [2.45, 2.75) is 24.3 Å². The van der Waals surface area contributed by atoms with Crippen LogP contribution in [-0.4, -0.2) is 72.7 Å². The first-order valence-electron chi connectivity index (χ1n) is 10.9. The molecule has 0 aliphatic carbocycles. The first kappa shape index (κ1) is 23.7. The van der Waals surface area contributed by atoms with Crippen LogP contribution >= 0.6 is 0 Å². The molecule has 3 heterocycles. The van der Waals surface area contributed by atoms with E-state index in [9.17, 15) is 18.0 Å². The lowest BCUT2D eigenvalue weighted by atomic mass is 10.0. The first-order chi connectivity index (χ1) is 16.3. The number of benzene rings is 1. The fourth-order valence-electron chi connectivity index (χ4n) is 4.10. The predicted octanol–water partition coefficient (Wildman–Crippen LogP) is 1.67. The molecule has 1 unspecified atom stereocenters. The second kappa shape index (κ2) is 9.82. The van der Waals surface area contributed by atoms with Crippen LogP contribution in [0.15, 0.2) is 53.7 Å². The molecular weight excluding hydrogens is 458 g/mol. The Bertz CT molecular complexity index is 1280. The van der Waals surface area contributed by atoms with Gasteiger partial charge in [-0.2, -0.15) is 4.31 Å². The maximum atomic E-state index is 13.2. The van der Waals surface area contributed by atoms with Crippen LogP contribution < -0.4 is 10.1 Å². The van der Waals surface area contributed by atoms with Crippen molar-refractivity contribution in [1.29, 1.82) is 0 Å². The summed E-state index contributed by atoms with van der Waals surface area (Å²) in [6, 6.07) is 10.1. The predicted molar refractivity (Wildman–Crippen MR) is 126 cm³/mol. The summed E-state index contributed by atoms with van der Waals surface area (Å²) in [4.78, 5) is 33.6. The lowest BCUT2D eigenvalue weighted by molar-refractivity contribution is -0.133. The molecule has 2 N–H and O–H groups in total. The number of nitrogens with zero attached hydrogens (tertiary/aromatic N) is 3. The molecule has 1 fully saturated rings. The standard InChI is InChI=1S/C23H27N5O5S/c1-16(29)26-20(17-5-7-18(33-2)8-6-17)14-22(30)27-10-12-28(13-11-27)34(31,32)21-15-25-23-19(21)4-3-9-24-23/h3-9,15,20H,10-14H2,1-2H3,(H,24,25)(H,26,29). The lowest BCUT2D eigenvalue weighted by Crippen LogP contribution is -2.51. The number of aromatic amines is 1. The van der Waals surface area contributed by atoms with Crippen molar-refractivity contribution >= 4 is 32.9 Å². The van der Waals surface area contributed by atoms with Crippen molar-refractivity contribution in [3.63, 3.8) is 0 Å². The van der Waals surface area contributed by atoms with Gasteiger partial charge in [-0.05, 0) is 29.8 Å². The molecule has 1 aromatic carbocycles. The highest BCUT2D eigenvalue weighted by atomic mass is 32.2. The minimum atomic E-state index is -3.73. The van der Waals surface area contributed by atoms with Crippen molar-refractivity contribution in [3.05, 3.63) is 54.4 Å². The molecule has 10 nitrogen and oxygen atoms in total. The summed E-state index contributed by atoms with van der Waals surface area (Å²) in [5.41, 5.74) is 1.30. The minimum Gasteiger partial charge on any atom is -0.497 e. The van der Waals surface area contributed by atoms with E-state index in [2.05, 4.69) is 15.3 Å². The Morgan fingerprint density at radius 1 is 1.15 bits per heavy atom. The van der Waals surface area contributed by atoms with Gasteiger partial charge in [0, 0.05) is 50.9 Å². The number of pyridine rings is 1. The molecule has 180 valence electrons. The van der Waals surface area contributed by atoms with Crippen LogP contribution in [0.3, 0.4) is 0 Å². The molecule has 0 radical (unpaired) electrons. The van der Waals surface area contributed by atoms with Crippen LogP contribution in [-0.2, 0) is 19.6 Å². The Kier molecular flexibility index (Phi) is 6.85. The number of sulfonamides is 1. The highest BCUT2D eigenvalue weighted by Gasteiger charge is 2.32. The van der Waals surface area contributed by atoms with Gasteiger partial charge in [0.15, 0.2) is 0 Å². The van der Waals surface area contributed by atoms with Crippen LogP contribution in [0.2, 0.25) is 0 Å². The monoisotopic (exact) mass is 485 g/mol. The zero-order valence-corrected chi connectivity index (χ0v) is 19.8. The highest BCUT2D eigenvalue weighted by molar-refractivity contribution is 7.89. The summed E-state index contributed by atoms with van der Waals surface area (Å²) in [7, 11) is -2.16. The quantitative estimate of drug-likeness (QED) is 0.525. The van der Waals surface area contributed by atoms with Crippen molar-refractivity contribution in [2.24, 2.45) is 0 Å². The van der Waals surface area contributed by atoms with Crippen LogP contribution in [0.1, 0.15) is 24.9 Å². The van der Waals surface area contributed by atoms with Gasteiger partial charge in [0.1, 0.15) is 16.3 Å². The molecule has 0 spiro atoms. The Morgan fingerprint density at radius 3 is 2.50 bits per heavy atom. The number of aromatic nitrogens is 2. The lowest BCUT2D eigenvalue weighted by Gasteiger charge is -2.34. The molecular formula is C23H27N5O5S. The van der Waals surface area contributed by atoms with Crippen LogP contribution in [0, 0.1) is 0 Å². The van der Waals surface area contributed by atoms with E-state index in [0.717, 1.165) is 5.56 Å². The molecule has 34 heavy (non-hydrogen) atoms. The van der Waals surface area contributed by atoms with Crippen molar-refractivity contribution in [1.82, 2.24) is 24.5 Å². The smallest absolute Gasteiger partial charge is 0.245 e. The molecule has 1 saturated heterocycles. The Labute approximate surface area is 198 Å². The first-order valence-corrected chi connectivity index (χ1v) is 12.3. The van der Waals surface area contributed by atoms with E-state index in [-0.39, 0.29) is 49.3 Å². The summed E-state index contributed by atoms with van der Waals surface area (Å²) in [5, 5.41) is 3.37. The average Bonchev–Trinajstić information content (AvgIpc) is 3.28. The second-order valence-corrected chi connectivity index (χ2v) is 9.97. The fraction of sp³-hybridized carbons (Fsp3) is 0.348. The van der Waals surface area contributed by atoms with Gasteiger partial charge < -0.3 is 19.9 Å². The van der Waals surface area contributed by atoms with E-state index in [0.29, 0.717) is 16.8 Å². The van der Waals surface area contributed by atoms with Crippen LogP contribution in [0.4, 0.5) is 0 Å². The van der Waals surface area contributed by atoms with Gasteiger partial charge in [0.25, 0.3) is 0 Å². The molecule has 1 aliphatic heterocycles. The van der Waals surface area contributed by atoms with Gasteiger partial charge in [-0.3, -0.25) is 9.59 Å². The number of H-pyrrole nitrogens is 1. The number of hydrogen-bond acceptors (Lipinski definition) is 6. The third-order valence-electron chi connectivity index (χ3n) is 5.90. The van der Waals surface area contributed by atoms with E-state index < -0.39 is 16.1 Å². The van der Waals surface area contributed by atoms with Crippen molar-refractivity contribution in [3.8, 4) is 5.75 Å². The summed E-state index contributed by atoms with van der Waals surface area (Å²) in [5.74, 6) is 0.292. The zero-order valence-electron chi connectivity index (χ0n) is 19.0. The largest absolute Gasteiger partial charge is 0.497 e. The Hall–Kier alpha value is -3.44. The maximum absolute atomic E-state index is 13.2. The molecule has 11 heteroatoms. The fourth-order valence-corrected chi connectivity index (χ4v) is 5.67. The molecule has 0 bridgehead atoms. The summed E-state index contributed by atoms with van der Waals surface area (Å²) in [6.07, 6.45) is 3.13. The van der Waals surface area contributed by atoms with Gasteiger partial charge in [0.05, 0.1) is 19.6 Å². The molecule has 4 rings (SSSR count). The highest BCUT2D eigenvalue weighted by Crippen LogP contribution is 2.26. The number of amides is 2.